The van der Waals surface area contributed by atoms with Gasteiger partial charge in [0.1, 0.15) is 0 Å². The highest BCUT2D eigenvalue weighted by molar-refractivity contribution is 5.87. The first-order valence-electron chi connectivity index (χ1n) is 10.4. The van der Waals surface area contributed by atoms with Gasteiger partial charge >= 0.3 is 11.9 Å². The van der Waals surface area contributed by atoms with Gasteiger partial charge in [-0.1, -0.05) is 78.4 Å². The molecule has 0 bridgehead atoms. The number of carbonyl (C=O) groups is 2. The minimum atomic E-state index is -1.20. The van der Waals surface area contributed by atoms with Crippen molar-refractivity contribution in [1.82, 2.24) is 0 Å². The summed E-state index contributed by atoms with van der Waals surface area (Å²) in [5.41, 5.74) is -2.41. The lowest BCUT2D eigenvalue weighted by Gasteiger charge is -2.49. The Morgan fingerprint density at radius 3 is 1.38 bits per heavy atom. The van der Waals surface area contributed by atoms with Crippen LogP contribution in [0.4, 0.5) is 0 Å². The molecule has 1 rings (SSSR count). The van der Waals surface area contributed by atoms with E-state index in [1.165, 1.54) is 0 Å². The fourth-order valence-corrected chi connectivity index (χ4v) is 4.98. The summed E-state index contributed by atoms with van der Waals surface area (Å²) in [6.45, 7) is 8.39. The van der Waals surface area contributed by atoms with E-state index in [0.29, 0.717) is 25.7 Å². The molecule has 26 heavy (non-hydrogen) atoms. The Labute approximate surface area is 159 Å². The average Bonchev–Trinajstić information content (AvgIpc) is 2.61. The van der Waals surface area contributed by atoms with Crippen LogP contribution in [0.5, 0.6) is 0 Å². The molecule has 0 aromatic rings. The molecule has 0 saturated carbocycles. The summed E-state index contributed by atoms with van der Waals surface area (Å²) in [6.07, 6.45) is 11.1. The summed E-state index contributed by atoms with van der Waals surface area (Å²) in [5, 5.41) is 20.6. The van der Waals surface area contributed by atoms with Crippen LogP contribution in [0.1, 0.15) is 91.9 Å². The van der Waals surface area contributed by atoms with Gasteiger partial charge in [-0.2, -0.15) is 0 Å². The fourth-order valence-electron chi connectivity index (χ4n) is 4.98. The second-order valence-electron chi connectivity index (χ2n) is 8.19. The van der Waals surface area contributed by atoms with Crippen LogP contribution >= 0.6 is 0 Å². The number of allylic oxidation sites excluding steroid dienone is 2. The van der Waals surface area contributed by atoms with E-state index in [9.17, 15) is 19.8 Å². The van der Waals surface area contributed by atoms with Crippen molar-refractivity contribution in [1.29, 1.82) is 0 Å². The lowest BCUT2D eigenvalue weighted by atomic mass is 9.51. The third-order valence-corrected chi connectivity index (χ3v) is 6.66. The molecule has 0 aromatic carbocycles. The molecule has 0 aliphatic heterocycles. The van der Waals surface area contributed by atoms with Crippen LogP contribution in [0, 0.1) is 22.7 Å². The van der Waals surface area contributed by atoms with Crippen molar-refractivity contribution in [2.75, 3.05) is 0 Å². The Kier molecular flexibility index (Phi) is 8.85. The lowest BCUT2D eigenvalue weighted by molar-refractivity contribution is -0.180. The first kappa shape index (κ1) is 22.7. The van der Waals surface area contributed by atoms with Crippen LogP contribution in [0.2, 0.25) is 0 Å². The van der Waals surface area contributed by atoms with Crippen molar-refractivity contribution in [3.8, 4) is 0 Å². The van der Waals surface area contributed by atoms with Gasteiger partial charge in [-0.25, -0.2) is 0 Å². The van der Waals surface area contributed by atoms with Gasteiger partial charge < -0.3 is 10.2 Å². The summed E-state index contributed by atoms with van der Waals surface area (Å²) in [4.78, 5) is 25.2. The molecule has 0 aromatic heterocycles. The third-order valence-electron chi connectivity index (χ3n) is 6.66. The van der Waals surface area contributed by atoms with Gasteiger partial charge in [0.2, 0.25) is 0 Å². The topological polar surface area (TPSA) is 74.6 Å². The van der Waals surface area contributed by atoms with Gasteiger partial charge in [0.05, 0.1) is 10.8 Å². The van der Waals surface area contributed by atoms with Gasteiger partial charge in [0.25, 0.3) is 0 Å². The zero-order chi connectivity index (χ0) is 19.8. The van der Waals surface area contributed by atoms with Crippen LogP contribution in [-0.4, -0.2) is 22.2 Å². The third kappa shape index (κ3) is 4.50. The molecule has 0 fully saturated rings. The number of hydrogen-bond acceptors (Lipinski definition) is 2. The van der Waals surface area contributed by atoms with Crippen LogP contribution in [0.25, 0.3) is 0 Å². The van der Waals surface area contributed by atoms with E-state index < -0.39 is 22.8 Å². The largest absolute Gasteiger partial charge is 0.481 e. The zero-order valence-electron chi connectivity index (χ0n) is 17.1. The highest BCUT2D eigenvalue weighted by Gasteiger charge is 2.61. The minimum absolute atomic E-state index is 0.257. The maximum absolute atomic E-state index is 12.6. The Bertz CT molecular complexity index is 454. The predicted molar refractivity (Wildman–Crippen MR) is 105 cm³/mol. The SMILES string of the molecule is CCCC(CC)CC1(C(=O)O)CC=CCC1(CC(CC)CCC)C(=O)O. The summed E-state index contributed by atoms with van der Waals surface area (Å²) in [6, 6.07) is 0. The van der Waals surface area contributed by atoms with Crippen LogP contribution < -0.4 is 0 Å². The van der Waals surface area contributed by atoms with E-state index in [1.807, 2.05) is 12.2 Å². The second kappa shape index (κ2) is 10.1. The number of aliphatic carboxylic acids is 2. The minimum Gasteiger partial charge on any atom is -0.481 e. The molecule has 1 aliphatic carbocycles. The molecule has 0 radical (unpaired) electrons. The maximum atomic E-state index is 12.6. The predicted octanol–water partition coefficient (Wildman–Crippen LogP) is 5.91. The zero-order valence-corrected chi connectivity index (χ0v) is 17.1. The summed E-state index contributed by atoms with van der Waals surface area (Å²) >= 11 is 0. The van der Waals surface area contributed by atoms with Crippen molar-refractivity contribution >= 4 is 11.9 Å². The molecule has 150 valence electrons. The summed E-state index contributed by atoms with van der Waals surface area (Å²) in [7, 11) is 0. The van der Waals surface area contributed by atoms with Gasteiger partial charge in [-0.05, 0) is 37.5 Å². The van der Waals surface area contributed by atoms with Gasteiger partial charge in [0, 0.05) is 0 Å². The summed E-state index contributed by atoms with van der Waals surface area (Å²) in [5.74, 6) is -1.34. The molecule has 0 saturated heterocycles. The molecule has 4 atom stereocenters. The number of carboxylic acid groups (broad SMARTS) is 2. The van der Waals surface area contributed by atoms with E-state index in [1.54, 1.807) is 0 Å². The van der Waals surface area contributed by atoms with Crippen molar-refractivity contribution < 1.29 is 19.8 Å². The molecular weight excluding hydrogens is 328 g/mol. The van der Waals surface area contributed by atoms with E-state index in [2.05, 4.69) is 27.7 Å². The van der Waals surface area contributed by atoms with Crippen LogP contribution in [-0.2, 0) is 9.59 Å². The Balaban J connectivity index is 3.42. The van der Waals surface area contributed by atoms with E-state index in [-0.39, 0.29) is 11.8 Å². The molecular formula is C22H38O4. The van der Waals surface area contributed by atoms with Crippen LogP contribution in [0.15, 0.2) is 12.2 Å². The second-order valence-corrected chi connectivity index (χ2v) is 8.19. The van der Waals surface area contributed by atoms with Crippen molar-refractivity contribution in [2.45, 2.75) is 91.9 Å². The van der Waals surface area contributed by atoms with Gasteiger partial charge in [-0.3, -0.25) is 9.59 Å². The molecule has 0 heterocycles. The van der Waals surface area contributed by atoms with Crippen molar-refractivity contribution in [3.05, 3.63) is 12.2 Å². The van der Waals surface area contributed by atoms with Gasteiger partial charge in [0.15, 0.2) is 0 Å². The van der Waals surface area contributed by atoms with E-state index >= 15 is 0 Å². The first-order valence-corrected chi connectivity index (χ1v) is 10.4. The Morgan fingerprint density at radius 1 is 0.808 bits per heavy atom. The Morgan fingerprint density at radius 2 is 1.15 bits per heavy atom. The van der Waals surface area contributed by atoms with E-state index in [4.69, 9.17) is 0 Å². The highest BCUT2D eigenvalue weighted by Crippen LogP contribution is 2.57. The normalized spacial score (nSPS) is 27.8. The van der Waals surface area contributed by atoms with Crippen LogP contribution in [0.3, 0.4) is 0 Å². The van der Waals surface area contributed by atoms with Crippen molar-refractivity contribution in [3.63, 3.8) is 0 Å². The molecule has 1 aliphatic rings. The fraction of sp³-hybridized carbons (Fsp3) is 0.818. The number of hydrogen-bond donors (Lipinski definition) is 2. The highest BCUT2D eigenvalue weighted by atomic mass is 16.4. The first-order chi connectivity index (χ1) is 12.3. The monoisotopic (exact) mass is 366 g/mol. The number of carboxylic acids is 2. The van der Waals surface area contributed by atoms with Crippen molar-refractivity contribution in [2.24, 2.45) is 22.7 Å². The molecule has 4 unspecified atom stereocenters. The molecule has 2 N–H and O–H groups in total. The summed E-state index contributed by atoms with van der Waals surface area (Å²) < 4.78 is 0. The smallest absolute Gasteiger partial charge is 0.311 e. The molecule has 4 heteroatoms. The van der Waals surface area contributed by atoms with E-state index in [0.717, 1.165) is 38.5 Å². The van der Waals surface area contributed by atoms with Gasteiger partial charge in [-0.15, -0.1) is 0 Å². The quantitative estimate of drug-likeness (QED) is 0.421. The molecule has 0 amide bonds. The lowest BCUT2D eigenvalue weighted by Crippen LogP contribution is -2.55. The maximum Gasteiger partial charge on any atom is 0.311 e. The average molecular weight is 367 g/mol. The Hall–Kier alpha value is -1.32. The molecule has 0 spiro atoms. The standard InChI is InChI=1S/C22H38O4/c1-5-11-17(7-3)15-21(19(23)24)13-9-10-14-22(21,20(25)26)16-18(8-4)12-6-2/h9-10,17-18H,5-8,11-16H2,1-4H3,(H,23,24)(H,25,26). The number of rotatable bonds is 12. The molecule has 4 nitrogen and oxygen atoms in total.